The quantitative estimate of drug-likeness (QED) is 0.762. The van der Waals surface area contributed by atoms with Crippen molar-refractivity contribution in [3.8, 4) is 0 Å². The van der Waals surface area contributed by atoms with E-state index < -0.39 is 5.41 Å². The average molecular weight is 259 g/mol. The molecular weight excluding hydrogens is 238 g/mol. The average Bonchev–Trinajstić information content (AvgIpc) is 2.55. The second kappa shape index (κ2) is 5.16. The summed E-state index contributed by atoms with van der Waals surface area (Å²) in [5, 5.41) is 0. The van der Waals surface area contributed by atoms with Crippen LogP contribution in [0.15, 0.2) is 24.3 Å². The first-order valence-corrected chi connectivity index (χ1v) is 6.85. The van der Waals surface area contributed by atoms with Gasteiger partial charge in [-0.15, -0.1) is 0 Å². The number of unbranched alkanes of at least 4 members (excludes halogenated alkanes) is 1. The molecule has 0 radical (unpaired) electrons. The number of para-hydroxylation sites is 1. The molecule has 1 aromatic carbocycles. The second-order valence-corrected chi connectivity index (χ2v) is 5.76. The highest BCUT2D eigenvalue weighted by Gasteiger charge is 2.43. The number of benzene rings is 1. The van der Waals surface area contributed by atoms with Crippen molar-refractivity contribution in [3.05, 3.63) is 29.8 Å². The van der Waals surface area contributed by atoms with Crippen molar-refractivity contribution in [3.63, 3.8) is 0 Å². The molecule has 0 bridgehead atoms. The van der Waals surface area contributed by atoms with E-state index in [0.717, 1.165) is 24.1 Å². The van der Waals surface area contributed by atoms with Gasteiger partial charge in [-0.25, -0.2) is 0 Å². The van der Waals surface area contributed by atoms with Crippen molar-refractivity contribution in [1.29, 1.82) is 0 Å². The number of hydrogen-bond donors (Lipinski definition) is 0. The summed E-state index contributed by atoms with van der Waals surface area (Å²) in [6.07, 6.45) is 2.32. The van der Waals surface area contributed by atoms with Crippen LogP contribution in [0.4, 0.5) is 5.69 Å². The predicted molar refractivity (Wildman–Crippen MR) is 76.4 cm³/mol. The number of anilines is 1. The minimum Gasteiger partial charge on any atom is -0.311 e. The maximum Gasteiger partial charge on any atom is 0.237 e. The van der Waals surface area contributed by atoms with Gasteiger partial charge in [0.05, 0.1) is 5.41 Å². The van der Waals surface area contributed by atoms with Crippen LogP contribution in [0.5, 0.6) is 0 Å². The summed E-state index contributed by atoms with van der Waals surface area (Å²) in [7, 11) is 0. The molecule has 1 heterocycles. The summed E-state index contributed by atoms with van der Waals surface area (Å²) in [5.74, 6) is 0.380. The van der Waals surface area contributed by atoms with E-state index >= 15 is 0 Å². The van der Waals surface area contributed by atoms with E-state index in [9.17, 15) is 9.59 Å². The largest absolute Gasteiger partial charge is 0.311 e. The zero-order valence-electron chi connectivity index (χ0n) is 11.9. The smallest absolute Gasteiger partial charge is 0.237 e. The van der Waals surface area contributed by atoms with Gasteiger partial charge in [0.15, 0.2) is 0 Å². The summed E-state index contributed by atoms with van der Waals surface area (Å²) >= 11 is 0. The standard InChI is InChI=1S/C16H21NO2/c1-12(18)8-6-7-11-17-14-10-5-4-9-13(14)16(2,3)15(17)19/h4-5,9-10H,6-8,11H2,1-3H3. The molecule has 0 unspecified atom stereocenters. The number of hydrogen-bond acceptors (Lipinski definition) is 2. The molecule has 3 heteroatoms. The van der Waals surface area contributed by atoms with Crippen LogP contribution in [0.1, 0.15) is 45.6 Å². The molecule has 102 valence electrons. The van der Waals surface area contributed by atoms with Gasteiger partial charge in [0, 0.05) is 18.7 Å². The maximum absolute atomic E-state index is 12.5. The van der Waals surface area contributed by atoms with E-state index in [2.05, 4.69) is 0 Å². The third-order valence-corrected chi connectivity index (χ3v) is 3.81. The van der Waals surface area contributed by atoms with Crippen LogP contribution in [-0.4, -0.2) is 18.2 Å². The van der Waals surface area contributed by atoms with Crippen molar-refractivity contribution in [2.75, 3.05) is 11.4 Å². The summed E-state index contributed by atoms with van der Waals surface area (Å²) < 4.78 is 0. The second-order valence-electron chi connectivity index (χ2n) is 5.76. The highest BCUT2D eigenvalue weighted by molar-refractivity contribution is 6.07. The van der Waals surface area contributed by atoms with Gasteiger partial charge in [0.25, 0.3) is 0 Å². The molecule has 0 fully saturated rings. The van der Waals surface area contributed by atoms with Gasteiger partial charge >= 0.3 is 0 Å². The van der Waals surface area contributed by atoms with Crippen molar-refractivity contribution in [1.82, 2.24) is 0 Å². The Balaban J connectivity index is 2.10. The molecule has 2 rings (SSSR count). The zero-order chi connectivity index (χ0) is 14.0. The van der Waals surface area contributed by atoms with Crippen LogP contribution in [0.25, 0.3) is 0 Å². The van der Waals surface area contributed by atoms with Crippen molar-refractivity contribution in [2.24, 2.45) is 0 Å². The fraction of sp³-hybridized carbons (Fsp3) is 0.500. The third kappa shape index (κ3) is 2.55. The van der Waals surface area contributed by atoms with E-state index in [1.54, 1.807) is 6.92 Å². The predicted octanol–water partition coefficient (Wildman–Crippen LogP) is 3.07. The number of amides is 1. The van der Waals surface area contributed by atoms with Gasteiger partial charge in [-0.3, -0.25) is 4.79 Å². The molecule has 1 aromatic rings. The van der Waals surface area contributed by atoms with Crippen molar-refractivity contribution >= 4 is 17.4 Å². The first-order valence-electron chi connectivity index (χ1n) is 6.85. The highest BCUT2D eigenvalue weighted by Crippen LogP contribution is 2.41. The lowest BCUT2D eigenvalue weighted by molar-refractivity contribution is -0.122. The van der Waals surface area contributed by atoms with Gasteiger partial charge in [0.2, 0.25) is 5.91 Å². The highest BCUT2D eigenvalue weighted by atomic mass is 16.2. The fourth-order valence-electron chi connectivity index (χ4n) is 2.67. The Hall–Kier alpha value is -1.64. The Kier molecular flexibility index (Phi) is 3.74. The van der Waals surface area contributed by atoms with Crippen molar-refractivity contribution < 1.29 is 9.59 Å². The summed E-state index contributed by atoms with van der Waals surface area (Å²) in [5.41, 5.74) is 1.70. The number of ketones is 1. The molecule has 3 nitrogen and oxygen atoms in total. The maximum atomic E-state index is 12.5. The molecule has 0 spiro atoms. The van der Waals surface area contributed by atoms with Gasteiger partial charge in [-0.2, -0.15) is 0 Å². The number of carbonyl (C=O) groups is 2. The molecule has 1 amide bonds. The minimum absolute atomic E-state index is 0.163. The lowest BCUT2D eigenvalue weighted by Gasteiger charge is -2.20. The molecule has 0 atom stereocenters. The molecule has 0 aromatic heterocycles. The number of rotatable bonds is 5. The Morgan fingerprint density at radius 2 is 1.89 bits per heavy atom. The first kappa shape index (κ1) is 13.8. The molecule has 1 aliphatic heterocycles. The number of carbonyl (C=O) groups excluding carboxylic acids is 2. The molecule has 1 aliphatic rings. The van der Waals surface area contributed by atoms with Crippen molar-refractivity contribution in [2.45, 2.75) is 45.4 Å². The molecule has 19 heavy (non-hydrogen) atoms. The topological polar surface area (TPSA) is 37.4 Å². The molecular formula is C16H21NO2. The number of Topliss-reactive ketones (excluding diaryl/α,β-unsaturated/α-hetero) is 1. The van der Waals surface area contributed by atoms with Gasteiger partial charge in [-0.05, 0) is 45.2 Å². The Labute approximate surface area is 114 Å². The van der Waals surface area contributed by atoms with Crippen LogP contribution in [0.2, 0.25) is 0 Å². The first-order chi connectivity index (χ1) is 8.94. The van der Waals surface area contributed by atoms with Crippen LogP contribution < -0.4 is 4.90 Å². The summed E-state index contributed by atoms with van der Waals surface area (Å²) in [6.45, 7) is 6.26. The van der Waals surface area contributed by atoms with E-state index in [-0.39, 0.29) is 11.7 Å². The molecule has 0 saturated carbocycles. The van der Waals surface area contributed by atoms with E-state index in [4.69, 9.17) is 0 Å². The summed E-state index contributed by atoms with van der Waals surface area (Å²) in [6, 6.07) is 7.99. The SMILES string of the molecule is CC(=O)CCCCN1C(=O)C(C)(C)c2ccccc21. The Bertz CT molecular complexity index is 505. The van der Waals surface area contributed by atoms with Crippen LogP contribution in [0, 0.1) is 0 Å². The number of nitrogens with zero attached hydrogens (tertiary/aromatic N) is 1. The van der Waals surface area contributed by atoms with Gasteiger partial charge < -0.3 is 9.69 Å². The lowest BCUT2D eigenvalue weighted by atomic mass is 9.86. The fourth-order valence-corrected chi connectivity index (χ4v) is 2.67. The molecule has 0 N–H and O–H groups in total. The Morgan fingerprint density at radius 3 is 2.58 bits per heavy atom. The third-order valence-electron chi connectivity index (χ3n) is 3.81. The van der Waals surface area contributed by atoms with Crippen LogP contribution in [0.3, 0.4) is 0 Å². The van der Waals surface area contributed by atoms with Gasteiger partial charge in [-0.1, -0.05) is 18.2 Å². The zero-order valence-corrected chi connectivity index (χ0v) is 11.9. The Morgan fingerprint density at radius 1 is 1.21 bits per heavy atom. The lowest BCUT2D eigenvalue weighted by Crippen LogP contribution is -2.36. The van der Waals surface area contributed by atoms with Gasteiger partial charge in [0.1, 0.15) is 5.78 Å². The minimum atomic E-state index is -0.433. The molecule has 0 saturated heterocycles. The molecule has 0 aliphatic carbocycles. The van der Waals surface area contributed by atoms with E-state index in [1.165, 1.54) is 0 Å². The monoisotopic (exact) mass is 259 g/mol. The van der Waals surface area contributed by atoms with Crippen LogP contribution >= 0.6 is 0 Å². The normalized spacial score (nSPS) is 16.6. The van der Waals surface area contributed by atoms with E-state index in [1.807, 2.05) is 43.0 Å². The van der Waals surface area contributed by atoms with Crippen LogP contribution in [-0.2, 0) is 15.0 Å². The summed E-state index contributed by atoms with van der Waals surface area (Å²) in [4.78, 5) is 25.3. The van der Waals surface area contributed by atoms with E-state index in [0.29, 0.717) is 13.0 Å². The number of fused-ring (bicyclic) bond motifs is 1.